The molecule has 1 aromatic heterocycles. The molecule has 0 bridgehead atoms. The highest BCUT2D eigenvalue weighted by Crippen LogP contribution is 2.20. The summed E-state index contributed by atoms with van der Waals surface area (Å²) in [5.74, 6) is -1.40. The van der Waals surface area contributed by atoms with Gasteiger partial charge in [0.2, 0.25) is 0 Å². The van der Waals surface area contributed by atoms with Crippen LogP contribution in [-0.4, -0.2) is 16.8 Å². The highest BCUT2D eigenvalue weighted by Gasteiger charge is 2.13. The normalized spacial score (nSPS) is 10.3. The Morgan fingerprint density at radius 3 is 2.56 bits per heavy atom. The predicted octanol–water partition coefficient (Wildman–Crippen LogP) is 4.69. The molecule has 0 atom stereocenters. The molecule has 0 radical (unpaired) electrons. The number of anilines is 2. The Kier molecular flexibility index (Phi) is 5.47. The Hall–Kier alpha value is -3.25. The molecule has 3 rings (SSSR count). The largest absolute Gasteiger partial charge is 0.322 e. The molecule has 0 saturated heterocycles. The summed E-state index contributed by atoms with van der Waals surface area (Å²) in [7, 11) is 0. The number of halogens is 2. The lowest BCUT2D eigenvalue weighted by molar-refractivity contribution is 0.102. The number of benzene rings is 2. The zero-order valence-corrected chi connectivity index (χ0v) is 15.0. The molecular weight excluding hydrogens is 369 g/mol. The summed E-state index contributed by atoms with van der Waals surface area (Å²) in [5, 5.41) is 5.89. The second-order valence-electron chi connectivity index (χ2n) is 5.81. The number of pyridine rings is 1. The van der Waals surface area contributed by atoms with E-state index in [-0.39, 0.29) is 17.2 Å². The molecule has 7 heteroatoms. The molecule has 0 aliphatic carbocycles. The molecular formula is C20H15ClFN3O2. The van der Waals surface area contributed by atoms with Gasteiger partial charge in [-0.05, 0) is 61.0 Å². The van der Waals surface area contributed by atoms with E-state index in [1.54, 1.807) is 24.3 Å². The minimum atomic E-state index is -0.544. The summed E-state index contributed by atoms with van der Waals surface area (Å²) in [4.78, 5) is 28.8. The van der Waals surface area contributed by atoms with Crippen molar-refractivity contribution in [1.82, 2.24) is 4.98 Å². The number of amides is 2. The number of rotatable bonds is 4. The number of nitrogens with one attached hydrogen (secondary N) is 2. The Balaban J connectivity index is 1.76. The lowest BCUT2D eigenvalue weighted by atomic mass is 10.1. The zero-order chi connectivity index (χ0) is 19.4. The first-order valence-electron chi connectivity index (χ1n) is 8.03. The number of hydrogen-bond donors (Lipinski definition) is 2. The highest BCUT2D eigenvalue weighted by molar-refractivity contribution is 6.30. The monoisotopic (exact) mass is 383 g/mol. The molecule has 1 heterocycles. The predicted molar refractivity (Wildman–Crippen MR) is 103 cm³/mol. The third-order valence-electron chi connectivity index (χ3n) is 3.77. The Labute approximate surface area is 160 Å². The number of nitrogens with zero attached hydrogens (tertiary/aromatic N) is 1. The standard InChI is InChI=1S/C20H15ClFN3O2/c1-12-9-14(21)5-6-17(12)25-19(26)13-7-8-23-18(10-13)20(27)24-16-4-2-3-15(22)11-16/h2-11H,1H3,(H,24,27)(H,25,26). The molecule has 0 fully saturated rings. The molecule has 0 spiro atoms. The maximum absolute atomic E-state index is 13.2. The van der Waals surface area contributed by atoms with Crippen molar-refractivity contribution < 1.29 is 14.0 Å². The number of aryl methyl sites for hydroxylation is 1. The van der Waals surface area contributed by atoms with E-state index in [2.05, 4.69) is 15.6 Å². The van der Waals surface area contributed by atoms with Gasteiger partial charge >= 0.3 is 0 Å². The second kappa shape index (κ2) is 7.97. The number of hydrogen-bond acceptors (Lipinski definition) is 3. The van der Waals surface area contributed by atoms with Crippen molar-refractivity contribution in [3.63, 3.8) is 0 Å². The maximum atomic E-state index is 13.2. The van der Waals surface area contributed by atoms with Crippen molar-refractivity contribution in [3.8, 4) is 0 Å². The van der Waals surface area contributed by atoms with Gasteiger partial charge in [0, 0.05) is 28.2 Å². The Morgan fingerprint density at radius 1 is 1.00 bits per heavy atom. The van der Waals surface area contributed by atoms with Crippen LogP contribution in [0.15, 0.2) is 60.8 Å². The number of carbonyl (C=O) groups is 2. The number of carbonyl (C=O) groups excluding carboxylic acids is 2. The smallest absolute Gasteiger partial charge is 0.274 e. The zero-order valence-electron chi connectivity index (χ0n) is 14.3. The van der Waals surface area contributed by atoms with Crippen molar-refractivity contribution in [2.45, 2.75) is 6.92 Å². The molecule has 0 aliphatic heterocycles. The summed E-state index contributed by atoms with van der Waals surface area (Å²) in [6.07, 6.45) is 1.37. The van der Waals surface area contributed by atoms with E-state index in [0.717, 1.165) is 5.56 Å². The third-order valence-corrected chi connectivity index (χ3v) is 4.01. The van der Waals surface area contributed by atoms with E-state index < -0.39 is 11.7 Å². The summed E-state index contributed by atoms with van der Waals surface area (Å²) in [6, 6.07) is 13.5. The van der Waals surface area contributed by atoms with Gasteiger partial charge in [-0.15, -0.1) is 0 Å². The lowest BCUT2D eigenvalue weighted by Crippen LogP contribution is -2.17. The van der Waals surface area contributed by atoms with Crippen LogP contribution < -0.4 is 10.6 Å². The van der Waals surface area contributed by atoms with Gasteiger partial charge in [0.1, 0.15) is 11.5 Å². The van der Waals surface area contributed by atoms with Gasteiger partial charge in [-0.3, -0.25) is 14.6 Å². The molecule has 136 valence electrons. The highest BCUT2D eigenvalue weighted by atomic mass is 35.5. The van der Waals surface area contributed by atoms with Gasteiger partial charge in [0.05, 0.1) is 0 Å². The molecule has 0 unspecified atom stereocenters. The average Bonchev–Trinajstić information content (AvgIpc) is 2.64. The van der Waals surface area contributed by atoms with E-state index >= 15 is 0 Å². The van der Waals surface area contributed by atoms with Crippen LogP contribution in [0, 0.1) is 12.7 Å². The second-order valence-corrected chi connectivity index (χ2v) is 6.24. The minimum Gasteiger partial charge on any atom is -0.322 e. The molecule has 2 N–H and O–H groups in total. The molecule has 27 heavy (non-hydrogen) atoms. The summed E-state index contributed by atoms with van der Waals surface area (Å²) in [6.45, 7) is 1.83. The van der Waals surface area contributed by atoms with Crippen LogP contribution in [0.3, 0.4) is 0 Å². The average molecular weight is 384 g/mol. The first-order chi connectivity index (χ1) is 12.9. The van der Waals surface area contributed by atoms with Crippen LogP contribution in [0.1, 0.15) is 26.4 Å². The van der Waals surface area contributed by atoms with Crippen LogP contribution in [-0.2, 0) is 0 Å². The van der Waals surface area contributed by atoms with Gasteiger partial charge in [-0.25, -0.2) is 4.39 Å². The quantitative estimate of drug-likeness (QED) is 0.686. The van der Waals surface area contributed by atoms with Crippen molar-refractivity contribution >= 4 is 34.8 Å². The number of aromatic nitrogens is 1. The minimum absolute atomic E-state index is 0.0414. The SMILES string of the molecule is Cc1cc(Cl)ccc1NC(=O)c1ccnc(C(=O)Nc2cccc(F)c2)c1. The van der Waals surface area contributed by atoms with Crippen LogP contribution >= 0.6 is 11.6 Å². The first kappa shape index (κ1) is 18.5. The van der Waals surface area contributed by atoms with Gasteiger partial charge < -0.3 is 10.6 Å². The molecule has 5 nitrogen and oxygen atoms in total. The van der Waals surface area contributed by atoms with Crippen molar-refractivity contribution in [2.75, 3.05) is 10.6 Å². The van der Waals surface area contributed by atoms with E-state index in [1.807, 2.05) is 6.92 Å². The van der Waals surface area contributed by atoms with Crippen molar-refractivity contribution in [3.05, 3.63) is 88.5 Å². The van der Waals surface area contributed by atoms with Crippen LogP contribution in [0.25, 0.3) is 0 Å². The Bertz CT molecular complexity index is 1020. The van der Waals surface area contributed by atoms with Crippen LogP contribution in [0.5, 0.6) is 0 Å². The van der Waals surface area contributed by atoms with Crippen molar-refractivity contribution in [2.24, 2.45) is 0 Å². The van der Waals surface area contributed by atoms with Gasteiger partial charge in [-0.2, -0.15) is 0 Å². The summed E-state index contributed by atoms with van der Waals surface area (Å²) in [5.41, 5.74) is 2.04. The molecule has 2 amide bonds. The van der Waals surface area contributed by atoms with E-state index in [1.165, 1.54) is 36.5 Å². The van der Waals surface area contributed by atoms with Gasteiger partial charge in [-0.1, -0.05) is 17.7 Å². The summed E-state index contributed by atoms with van der Waals surface area (Å²) >= 11 is 5.91. The molecule has 2 aromatic carbocycles. The van der Waals surface area contributed by atoms with E-state index in [9.17, 15) is 14.0 Å². The molecule has 0 saturated carbocycles. The van der Waals surface area contributed by atoms with E-state index in [4.69, 9.17) is 11.6 Å². The fourth-order valence-corrected chi connectivity index (χ4v) is 2.65. The maximum Gasteiger partial charge on any atom is 0.274 e. The summed E-state index contributed by atoms with van der Waals surface area (Å²) < 4.78 is 13.2. The van der Waals surface area contributed by atoms with Crippen molar-refractivity contribution in [1.29, 1.82) is 0 Å². The van der Waals surface area contributed by atoms with Crippen LogP contribution in [0.4, 0.5) is 15.8 Å². The fourth-order valence-electron chi connectivity index (χ4n) is 2.42. The van der Waals surface area contributed by atoms with E-state index in [0.29, 0.717) is 16.4 Å². The third kappa shape index (κ3) is 4.68. The van der Waals surface area contributed by atoms with Gasteiger partial charge in [0.15, 0.2) is 0 Å². The topological polar surface area (TPSA) is 71.1 Å². The lowest BCUT2D eigenvalue weighted by Gasteiger charge is -2.10. The molecule has 3 aromatic rings. The first-order valence-corrected chi connectivity index (χ1v) is 8.40. The van der Waals surface area contributed by atoms with Gasteiger partial charge in [0.25, 0.3) is 11.8 Å². The molecule has 0 aliphatic rings. The Morgan fingerprint density at radius 2 is 1.81 bits per heavy atom. The van der Waals surface area contributed by atoms with Crippen LogP contribution in [0.2, 0.25) is 5.02 Å². The fraction of sp³-hybridized carbons (Fsp3) is 0.0500.